The molecular weight excluding hydrogens is 228 g/mol. The Balaban J connectivity index is 1.82. The maximum Gasteiger partial charge on any atom is 0.412 e. The second kappa shape index (κ2) is 6.40. The van der Waals surface area contributed by atoms with Crippen molar-refractivity contribution in [1.29, 1.82) is 0 Å². The first kappa shape index (κ1) is 12.9. The van der Waals surface area contributed by atoms with E-state index >= 15 is 0 Å². The summed E-state index contributed by atoms with van der Waals surface area (Å²) >= 11 is 0. The number of rotatable bonds is 4. The minimum absolute atomic E-state index is 0.286. The van der Waals surface area contributed by atoms with Crippen LogP contribution in [0.25, 0.3) is 0 Å². The molecule has 0 saturated heterocycles. The van der Waals surface area contributed by atoms with E-state index < -0.39 is 0 Å². The summed E-state index contributed by atoms with van der Waals surface area (Å²) in [6.07, 6.45) is 5.00. The number of carbonyl (C=O) groups excluding carboxylic acids is 1. The summed E-state index contributed by atoms with van der Waals surface area (Å²) < 4.78 is 5.23. The fourth-order valence-electron chi connectivity index (χ4n) is 2.26. The van der Waals surface area contributed by atoms with Gasteiger partial charge < -0.3 is 15.8 Å². The van der Waals surface area contributed by atoms with Gasteiger partial charge in [-0.05, 0) is 43.5 Å². The molecular formula is C14H20N2O2. The lowest BCUT2D eigenvalue weighted by Gasteiger charge is -2.12. The molecule has 4 heteroatoms. The van der Waals surface area contributed by atoms with Gasteiger partial charge in [-0.3, -0.25) is 0 Å². The van der Waals surface area contributed by atoms with Gasteiger partial charge in [-0.2, -0.15) is 0 Å². The van der Waals surface area contributed by atoms with Gasteiger partial charge in [0.05, 0.1) is 0 Å². The normalized spacial score (nSPS) is 15.6. The van der Waals surface area contributed by atoms with Crippen molar-refractivity contribution in [3.8, 4) is 5.75 Å². The van der Waals surface area contributed by atoms with Crippen LogP contribution in [0, 0.1) is 0 Å². The molecule has 1 saturated carbocycles. The highest BCUT2D eigenvalue weighted by atomic mass is 16.6. The van der Waals surface area contributed by atoms with Crippen molar-refractivity contribution in [3.05, 3.63) is 29.8 Å². The molecule has 0 radical (unpaired) electrons. The zero-order chi connectivity index (χ0) is 12.8. The zero-order valence-corrected chi connectivity index (χ0v) is 10.5. The first-order valence-electron chi connectivity index (χ1n) is 6.55. The van der Waals surface area contributed by atoms with Crippen LogP contribution in [0.2, 0.25) is 0 Å². The van der Waals surface area contributed by atoms with Gasteiger partial charge in [0.1, 0.15) is 5.75 Å². The second-order valence-corrected chi connectivity index (χ2v) is 4.70. The number of nitrogens with two attached hydrogens (primary N) is 1. The zero-order valence-electron chi connectivity index (χ0n) is 10.5. The Hall–Kier alpha value is -1.55. The average molecular weight is 248 g/mol. The van der Waals surface area contributed by atoms with Crippen LogP contribution >= 0.6 is 0 Å². The summed E-state index contributed by atoms with van der Waals surface area (Å²) in [5.41, 5.74) is 6.63. The van der Waals surface area contributed by atoms with Gasteiger partial charge in [0.15, 0.2) is 0 Å². The van der Waals surface area contributed by atoms with Crippen LogP contribution < -0.4 is 15.8 Å². The molecule has 1 amide bonds. The van der Waals surface area contributed by atoms with Gasteiger partial charge in [-0.15, -0.1) is 0 Å². The van der Waals surface area contributed by atoms with E-state index in [0.29, 0.717) is 12.3 Å². The number of hydrogen-bond donors (Lipinski definition) is 2. The highest BCUT2D eigenvalue weighted by molar-refractivity contribution is 5.70. The third-order valence-electron chi connectivity index (χ3n) is 3.24. The van der Waals surface area contributed by atoms with E-state index in [-0.39, 0.29) is 12.1 Å². The number of amides is 1. The molecule has 0 unspecified atom stereocenters. The number of ether oxygens (including phenoxy) is 1. The second-order valence-electron chi connectivity index (χ2n) is 4.70. The highest BCUT2D eigenvalue weighted by Gasteiger charge is 2.17. The monoisotopic (exact) mass is 248 g/mol. The summed E-state index contributed by atoms with van der Waals surface area (Å²) in [5.74, 6) is 0.575. The lowest BCUT2D eigenvalue weighted by molar-refractivity contribution is 0.196. The lowest BCUT2D eigenvalue weighted by Crippen LogP contribution is -2.34. The molecule has 98 valence electrons. The van der Waals surface area contributed by atoms with E-state index in [1.54, 1.807) is 12.1 Å². The first-order chi connectivity index (χ1) is 8.78. The predicted octanol–water partition coefficient (Wildman–Crippen LogP) is 2.22. The Morgan fingerprint density at radius 2 is 1.94 bits per heavy atom. The van der Waals surface area contributed by atoms with E-state index in [4.69, 9.17) is 10.5 Å². The number of hydrogen-bond acceptors (Lipinski definition) is 3. The summed E-state index contributed by atoms with van der Waals surface area (Å²) in [5, 5.41) is 2.89. The van der Waals surface area contributed by atoms with Crippen molar-refractivity contribution in [2.45, 2.75) is 38.1 Å². The highest BCUT2D eigenvalue weighted by Crippen LogP contribution is 2.18. The maximum absolute atomic E-state index is 11.6. The molecule has 1 aromatic rings. The Kier molecular flexibility index (Phi) is 4.59. The quantitative estimate of drug-likeness (QED) is 0.858. The van der Waals surface area contributed by atoms with E-state index in [0.717, 1.165) is 24.8 Å². The smallest absolute Gasteiger partial charge is 0.410 e. The summed E-state index contributed by atoms with van der Waals surface area (Å²) in [4.78, 5) is 11.6. The minimum atomic E-state index is -0.353. The molecule has 1 aromatic carbocycles. The molecule has 0 bridgehead atoms. The largest absolute Gasteiger partial charge is 0.412 e. The van der Waals surface area contributed by atoms with E-state index in [2.05, 4.69) is 5.32 Å². The third kappa shape index (κ3) is 3.74. The van der Waals surface area contributed by atoms with Gasteiger partial charge >= 0.3 is 6.09 Å². The topological polar surface area (TPSA) is 64.3 Å². The third-order valence-corrected chi connectivity index (χ3v) is 3.24. The van der Waals surface area contributed by atoms with Gasteiger partial charge in [0.25, 0.3) is 0 Å². The molecule has 2 rings (SSSR count). The fraction of sp³-hybridized carbons (Fsp3) is 0.500. The van der Waals surface area contributed by atoms with Crippen molar-refractivity contribution in [2.75, 3.05) is 6.54 Å². The maximum atomic E-state index is 11.6. The molecule has 3 N–H and O–H groups in total. The van der Waals surface area contributed by atoms with Crippen molar-refractivity contribution in [2.24, 2.45) is 5.73 Å². The first-order valence-corrected chi connectivity index (χ1v) is 6.55. The van der Waals surface area contributed by atoms with E-state index in [1.165, 1.54) is 12.8 Å². The Morgan fingerprint density at radius 3 is 2.56 bits per heavy atom. The standard InChI is InChI=1S/C14H20N2O2/c15-10-9-11-5-7-13(8-6-11)18-14(17)16-12-3-1-2-4-12/h5-8,12H,1-4,9-10,15H2,(H,16,17). The number of carbonyl (C=O) groups is 1. The van der Waals surface area contributed by atoms with Gasteiger partial charge in [0.2, 0.25) is 0 Å². The van der Waals surface area contributed by atoms with Crippen LogP contribution in [-0.2, 0) is 6.42 Å². The van der Waals surface area contributed by atoms with Crippen molar-refractivity contribution in [3.63, 3.8) is 0 Å². The van der Waals surface area contributed by atoms with Crippen LogP contribution in [0.15, 0.2) is 24.3 Å². The Morgan fingerprint density at radius 1 is 1.28 bits per heavy atom. The molecule has 18 heavy (non-hydrogen) atoms. The van der Waals surface area contributed by atoms with Gasteiger partial charge in [-0.25, -0.2) is 4.79 Å². The van der Waals surface area contributed by atoms with Crippen LogP contribution in [-0.4, -0.2) is 18.7 Å². The van der Waals surface area contributed by atoms with E-state index in [9.17, 15) is 4.79 Å². The molecule has 0 atom stereocenters. The minimum Gasteiger partial charge on any atom is -0.410 e. The molecule has 0 aliphatic heterocycles. The average Bonchev–Trinajstić information content (AvgIpc) is 2.84. The molecule has 1 fully saturated rings. The predicted molar refractivity (Wildman–Crippen MR) is 70.6 cm³/mol. The number of benzene rings is 1. The van der Waals surface area contributed by atoms with Crippen molar-refractivity contribution < 1.29 is 9.53 Å². The molecule has 4 nitrogen and oxygen atoms in total. The van der Waals surface area contributed by atoms with Crippen molar-refractivity contribution >= 4 is 6.09 Å². The van der Waals surface area contributed by atoms with Crippen LogP contribution in [0.3, 0.4) is 0 Å². The molecule has 1 aliphatic carbocycles. The molecule has 1 aliphatic rings. The Bertz CT molecular complexity index is 383. The van der Waals surface area contributed by atoms with Gasteiger partial charge in [0, 0.05) is 6.04 Å². The lowest BCUT2D eigenvalue weighted by atomic mass is 10.1. The SMILES string of the molecule is NCCc1ccc(OC(=O)NC2CCCC2)cc1. The van der Waals surface area contributed by atoms with Gasteiger partial charge in [-0.1, -0.05) is 25.0 Å². The van der Waals surface area contributed by atoms with Crippen LogP contribution in [0.4, 0.5) is 4.79 Å². The molecule has 0 spiro atoms. The summed E-state index contributed by atoms with van der Waals surface area (Å²) in [7, 11) is 0. The number of nitrogens with one attached hydrogen (secondary N) is 1. The molecule has 0 heterocycles. The van der Waals surface area contributed by atoms with Crippen LogP contribution in [0.5, 0.6) is 5.75 Å². The van der Waals surface area contributed by atoms with Crippen LogP contribution in [0.1, 0.15) is 31.2 Å². The summed E-state index contributed by atoms with van der Waals surface area (Å²) in [6.45, 7) is 0.627. The van der Waals surface area contributed by atoms with E-state index in [1.807, 2.05) is 12.1 Å². The fourth-order valence-corrected chi connectivity index (χ4v) is 2.26. The van der Waals surface area contributed by atoms with Crippen molar-refractivity contribution in [1.82, 2.24) is 5.32 Å². The summed E-state index contributed by atoms with van der Waals surface area (Å²) in [6, 6.07) is 7.77. The molecule has 0 aromatic heterocycles. The Labute approximate surface area is 108 Å².